The van der Waals surface area contributed by atoms with Gasteiger partial charge in [-0.2, -0.15) is 0 Å². The zero-order valence-electron chi connectivity index (χ0n) is 21.4. The summed E-state index contributed by atoms with van der Waals surface area (Å²) in [5.74, 6) is -1.03. The SMILES string of the molecule is CCOC(=O)c1ccc(NC(=O)N(CCOC)CC(=O)N2CCn3cccc3C2c2ccc(F)cc2)cc1. The van der Waals surface area contributed by atoms with Gasteiger partial charge < -0.3 is 29.2 Å². The van der Waals surface area contributed by atoms with E-state index in [9.17, 15) is 18.8 Å². The third-order valence-electron chi connectivity index (χ3n) is 6.37. The largest absolute Gasteiger partial charge is 0.462 e. The second kappa shape index (κ2) is 12.4. The fourth-order valence-corrected chi connectivity index (χ4v) is 4.46. The Kier molecular flexibility index (Phi) is 8.75. The molecule has 1 unspecified atom stereocenters. The van der Waals surface area contributed by atoms with Crippen LogP contribution < -0.4 is 5.32 Å². The van der Waals surface area contributed by atoms with E-state index in [1.165, 1.54) is 24.1 Å². The summed E-state index contributed by atoms with van der Waals surface area (Å²) in [6.07, 6.45) is 1.96. The number of carbonyl (C=O) groups excluding carboxylic acids is 3. The zero-order chi connectivity index (χ0) is 27.1. The summed E-state index contributed by atoms with van der Waals surface area (Å²) in [4.78, 5) is 41.8. The number of rotatable bonds is 9. The van der Waals surface area contributed by atoms with E-state index in [0.717, 1.165) is 11.3 Å². The highest BCUT2D eigenvalue weighted by Crippen LogP contribution is 2.32. The molecule has 0 radical (unpaired) electrons. The fourth-order valence-electron chi connectivity index (χ4n) is 4.46. The number of aromatic nitrogens is 1. The molecule has 38 heavy (non-hydrogen) atoms. The molecule has 0 bridgehead atoms. The number of methoxy groups -OCH3 is 1. The highest BCUT2D eigenvalue weighted by atomic mass is 19.1. The Bertz CT molecular complexity index is 1260. The molecule has 200 valence electrons. The third-order valence-corrected chi connectivity index (χ3v) is 6.37. The van der Waals surface area contributed by atoms with Gasteiger partial charge in [0.15, 0.2) is 0 Å². The van der Waals surface area contributed by atoms with E-state index in [0.29, 0.717) is 24.3 Å². The Morgan fingerprint density at radius 1 is 1.05 bits per heavy atom. The molecule has 1 atom stereocenters. The minimum atomic E-state index is -0.474. The number of ether oxygens (including phenoxy) is 2. The Hall–Kier alpha value is -4.18. The summed E-state index contributed by atoms with van der Waals surface area (Å²) < 4.78 is 25.9. The van der Waals surface area contributed by atoms with Crippen molar-refractivity contribution in [2.45, 2.75) is 19.5 Å². The molecule has 3 amide bonds. The average molecular weight is 523 g/mol. The molecule has 1 aliphatic heterocycles. The minimum absolute atomic E-state index is 0.172. The normalized spacial score (nSPS) is 14.5. The Morgan fingerprint density at radius 2 is 1.79 bits per heavy atom. The highest BCUT2D eigenvalue weighted by Gasteiger charge is 2.33. The van der Waals surface area contributed by atoms with Crippen LogP contribution in [0, 0.1) is 5.82 Å². The van der Waals surface area contributed by atoms with Gasteiger partial charge in [0, 0.05) is 44.3 Å². The number of nitrogens with zero attached hydrogens (tertiary/aromatic N) is 3. The van der Waals surface area contributed by atoms with Gasteiger partial charge in [-0.25, -0.2) is 14.0 Å². The molecular formula is C28H31FN4O5. The molecule has 0 spiro atoms. The van der Waals surface area contributed by atoms with E-state index in [4.69, 9.17) is 9.47 Å². The lowest BCUT2D eigenvalue weighted by atomic mass is 9.99. The highest BCUT2D eigenvalue weighted by molar-refractivity contribution is 5.94. The van der Waals surface area contributed by atoms with Gasteiger partial charge in [0.2, 0.25) is 5.91 Å². The molecule has 0 aliphatic carbocycles. The van der Waals surface area contributed by atoms with Gasteiger partial charge in [-0.05, 0) is 61.0 Å². The van der Waals surface area contributed by atoms with Gasteiger partial charge >= 0.3 is 12.0 Å². The maximum absolute atomic E-state index is 13.6. The van der Waals surface area contributed by atoms with Crippen molar-refractivity contribution in [2.75, 3.05) is 45.3 Å². The van der Waals surface area contributed by atoms with E-state index < -0.39 is 18.0 Å². The van der Waals surface area contributed by atoms with Crippen molar-refractivity contribution < 1.29 is 28.2 Å². The predicted octanol–water partition coefficient (Wildman–Crippen LogP) is 3.92. The summed E-state index contributed by atoms with van der Waals surface area (Å²) in [6.45, 7) is 3.32. The molecule has 2 aromatic carbocycles. The number of carbonyl (C=O) groups is 3. The minimum Gasteiger partial charge on any atom is -0.462 e. The van der Waals surface area contributed by atoms with Gasteiger partial charge in [0.25, 0.3) is 0 Å². The zero-order valence-corrected chi connectivity index (χ0v) is 21.4. The van der Waals surface area contributed by atoms with Gasteiger partial charge in [-0.15, -0.1) is 0 Å². The molecule has 0 saturated heterocycles. The Balaban J connectivity index is 1.50. The van der Waals surface area contributed by atoms with Crippen molar-refractivity contribution in [3.8, 4) is 0 Å². The molecule has 3 aromatic rings. The van der Waals surface area contributed by atoms with E-state index in [1.54, 1.807) is 48.2 Å². The van der Waals surface area contributed by atoms with Crippen LogP contribution in [0.1, 0.15) is 34.6 Å². The average Bonchev–Trinajstić information content (AvgIpc) is 3.40. The van der Waals surface area contributed by atoms with Gasteiger partial charge in [0.05, 0.1) is 24.8 Å². The Labute approximate surface area is 220 Å². The Morgan fingerprint density at radius 3 is 2.47 bits per heavy atom. The summed E-state index contributed by atoms with van der Waals surface area (Å²) in [6, 6.07) is 15.4. The van der Waals surface area contributed by atoms with Crippen LogP contribution in [0.15, 0.2) is 66.9 Å². The van der Waals surface area contributed by atoms with E-state index in [1.807, 2.05) is 18.3 Å². The monoisotopic (exact) mass is 522 g/mol. The first-order valence-corrected chi connectivity index (χ1v) is 12.4. The van der Waals surface area contributed by atoms with Crippen LogP contribution in [0.4, 0.5) is 14.9 Å². The van der Waals surface area contributed by atoms with E-state index >= 15 is 0 Å². The molecule has 1 aliphatic rings. The molecule has 1 N–H and O–H groups in total. The third kappa shape index (κ3) is 6.20. The van der Waals surface area contributed by atoms with Crippen molar-refractivity contribution in [1.82, 2.24) is 14.4 Å². The van der Waals surface area contributed by atoms with Crippen LogP contribution in [0.2, 0.25) is 0 Å². The lowest BCUT2D eigenvalue weighted by Crippen LogP contribution is -2.49. The first-order chi connectivity index (χ1) is 18.4. The van der Waals surface area contributed by atoms with Crippen molar-refractivity contribution >= 4 is 23.6 Å². The first kappa shape index (κ1) is 26.9. The summed E-state index contributed by atoms with van der Waals surface area (Å²) in [7, 11) is 1.52. The number of esters is 1. The van der Waals surface area contributed by atoms with Crippen LogP contribution in [0.3, 0.4) is 0 Å². The topological polar surface area (TPSA) is 93.1 Å². The number of hydrogen-bond donors (Lipinski definition) is 1. The van der Waals surface area contributed by atoms with Crippen LogP contribution in [0.25, 0.3) is 0 Å². The second-order valence-electron chi connectivity index (χ2n) is 8.81. The summed E-state index contributed by atoms with van der Waals surface area (Å²) >= 11 is 0. The van der Waals surface area contributed by atoms with Crippen molar-refractivity contribution in [3.63, 3.8) is 0 Å². The molecule has 10 heteroatoms. The number of amides is 3. The van der Waals surface area contributed by atoms with Crippen molar-refractivity contribution in [1.29, 1.82) is 0 Å². The molecule has 0 fully saturated rings. The number of hydrogen-bond acceptors (Lipinski definition) is 5. The molecule has 1 aromatic heterocycles. The van der Waals surface area contributed by atoms with Crippen LogP contribution in [-0.2, 0) is 20.8 Å². The molecule has 9 nitrogen and oxygen atoms in total. The quantitative estimate of drug-likeness (QED) is 0.430. The molecule has 2 heterocycles. The number of nitrogens with one attached hydrogen (secondary N) is 1. The molecule has 0 saturated carbocycles. The number of anilines is 1. The second-order valence-corrected chi connectivity index (χ2v) is 8.81. The number of benzene rings is 2. The van der Waals surface area contributed by atoms with E-state index in [2.05, 4.69) is 9.88 Å². The van der Waals surface area contributed by atoms with Crippen LogP contribution in [0.5, 0.6) is 0 Å². The predicted molar refractivity (Wildman–Crippen MR) is 139 cm³/mol. The number of halogens is 1. The number of urea groups is 1. The molecule has 4 rings (SSSR count). The summed E-state index contributed by atoms with van der Waals surface area (Å²) in [5.41, 5.74) is 2.55. The lowest BCUT2D eigenvalue weighted by Gasteiger charge is -2.38. The number of fused-ring (bicyclic) bond motifs is 1. The van der Waals surface area contributed by atoms with Gasteiger partial charge in [-0.3, -0.25) is 4.79 Å². The fraction of sp³-hybridized carbons (Fsp3) is 0.321. The standard InChI is InChI=1S/C28H31FN4O5/c1-3-38-27(35)21-8-12-23(13-9-21)30-28(36)32(17-18-37-2)19-25(34)33-16-15-31-14-4-5-24(31)26(33)20-6-10-22(29)11-7-20/h4-14,26H,3,15-19H2,1-2H3,(H,30,36). The first-order valence-electron chi connectivity index (χ1n) is 12.4. The van der Waals surface area contributed by atoms with Crippen LogP contribution >= 0.6 is 0 Å². The van der Waals surface area contributed by atoms with Crippen LogP contribution in [-0.4, -0.2) is 72.2 Å². The summed E-state index contributed by atoms with van der Waals surface area (Å²) in [5, 5.41) is 2.78. The van der Waals surface area contributed by atoms with Crippen molar-refractivity contribution in [2.24, 2.45) is 0 Å². The van der Waals surface area contributed by atoms with Gasteiger partial charge in [0.1, 0.15) is 12.4 Å². The maximum atomic E-state index is 13.6. The van der Waals surface area contributed by atoms with E-state index in [-0.39, 0.29) is 38.0 Å². The maximum Gasteiger partial charge on any atom is 0.338 e. The van der Waals surface area contributed by atoms with Gasteiger partial charge in [-0.1, -0.05) is 12.1 Å². The molecular weight excluding hydrogens is 491 g/mol. The lowest BCUT2D eigenvalue weighted by molar-refractivity contribution is -0.134. The smallest absolute Gasteiger partial charge is 0.338 e. The van der Waals surface area contributed by atoms with Crippen molar-refractivity contribution in [3.05, 3.63) is 89.5 Å².